The van der Waals surface area contributed by atoms with Crippen molar-refractivity contribution >= 4 is 17.4 Å². The molecule has 1 saturated carbocycles. The van der Waals surface area contributed by atoms with Gasteiger partial charge < -0.3 is 10.1 Å². The molecule has 1 aliphatic carbocycles. The van der Waals surface area contributed by atoms with Crippen LogP contribution in [-0.4, -0.2) is 24.2 Å². The molecule has 1 aromatic heterocycles. The number of nitrogens with zero attached hydrogens (tertiary/aromatic N) is 2. The van der Waals surface area contributed by atoms with Crippen LogP contribution in [0.2, 0.25) is 5.15 Å². The molecule has 0 spiro atoms. The summed E-state index contributed by atoms with van der Waals surface area (Å²) in [7, 11) is 1.73. The number of pyridine rings is 1. The Morgan fingerprint density at radius 2 is 2.35 bits per heavy atom. The second kappa shape index (κ2) is 5.35. The van der Waals surface area contributed by atoms with Crippen LogP contribution < -0.4 is 5.32 Å². The van der Waals surface area contributed by atoms with Crippen molar-refractivity contribution in [3.05, 3.63) is 22.8 Å². The Morgan fingerprint density at radius 1 is 1.53 bits per heavy atom. The molecule has 1 N–H and O–H groups in total. The van der Waals surface area contributed by atoms with E-state index in [1.165, 1.54) is 0 Å². The molecule has 0 saturated heterocycles. The van der Waals surface area contributed by atoms with E-state index < -0.39 is 0 Å². The van der Waals surface area contributed by atoms with Gasteiger partial charge in [0, 0.05) is 13.2 Å². The van der Waals surface area contributed by atoms with Crippen LogP contribution in [0.15, 0.2) is 12.1 Å². The highest BCUT2D eigenvalue weighted by molar-refractivity contribution is 6.29. The van der Waals surface area contributed by atoms with Crippen molar-refractivity contribution in [2.75, 3.05) is 12.4 Å². The fourth-order valence-electron chi connectivity index (χ4n) is 2.13. The normalized spacial score (nSPS) is 23.4. The summed E-state index contributed by atoms with van der Waals surface area (Å²) in [4.78, 5) is 4.16. The van der Waals surface area contributed by atoms with Crippen LogP contribution in [0.3, 0.4) is 0 Å². The van der Waals surface area contributed by atoms with Gasteiger partial charge in [0.25, 0.3) is 0 Å². The molecule has 2 rings (SSSR count). The number of nitriles is 1. The molecule has 0 bridgehead atoms. The molecule has 2 unspecified atom stereocenters. The number of methoxy groups -OCH3 is 1. The predicted molar refractivity (Wildman–Crippen MR) is 66.0 cm³/mol. The first kappa shape index (κ1) is 12.2. The van der Waals surface area contributed by atoms with Crippen LogP contribution >= 0.6 is 11.6 Å². The first-order valence-corrected chi connectivity index (χ1v) is 5.96. The zero-order chi connectivity index (χ0) is 12.3. The van der Waals surface area contributed by atoms with Crippen molar-refractivity contribution in [3.63, 3.8) is 0 Å². The fourth-order valence-corrected chi connectivity index (χ4v) is 2.34. The molecular weight excluding hydrogens is 238 g/mol. The molecule has 0 aliphatic heterocycles. The molecule has 1 heterocycles. The summed E-state index contributed by atoms with van der Waals surface area (Å²) in [6.45, 7) is 0. The minimum Gasteiger partial charge on any atom is -0.381 e. The molecule has 5 heteroatoms. The van der Waals surface area contributed by atoms with E-state index in [0.717, 1.165) is 19.3 Å². The zero-order valence-corrected chi connectivity index (χ0v) is 10.4. The number of rotatable bonds is 3. The van der Waals surface area contributed by atoms with E-state index in [4.69, 9.17) is 21.6 Å². The maximum Gasteiger partial charge on any atom is 0.132 e. The molecule has 0 radical (unpaired) electrons. The van der Waals surface area contributed by atoms with Crippen molar-refractivity contribution < 1.29 is 4.74 Å². The summed E-state index contributed by atoms with van der Waals surface area (Å²) < 4.78 is 5.31. The van der Waals surface area contributed by atoms with Crippen molar-refractivity contribution in [2.45, 2.75) is 31.4 Å². The van der Waals surface area contributed by atoms with Crippen molar-refractivity contribution in [2.24, 2.45) is 0 Å². The summed E-state index contributed by atoms with van der Waals surface area (Å²) in [6.07, 6.45) is 3.39. The molecule has 1 aromatic rings. The topological polar surface area (TPSA) is 57.9 Å². The smallest absolute Gasteiger partial charge is 0.132 e. The van der Waals surface area contributed by atoms with E-state index in [1.807, 2.05) is 0 Å². The second-order valence-electron chi connectivity index (χ2n) is 4.19. The lowest BCUT2D eigenvalue weighted by atomic mass is 10.2. The largest absolute Gasteiger partial charge is 0.381 e. The number of anilines is 1. The number of aromatic nitrogens is 1. The monoisotopic (exact) mass is 251 g/mol. The Morgan fingerprint density at radius 3 is 3.00 bits per heavy atom. The zero-order valence-electron chi connectivity index (χ0n) is 9.61. The van der Waals surface area contributed by atoms with Crippen molar-refractivity contribution in [3.8, 4) is 6.07 Å². The molecule has 0 aromatic carbocycles. The van der Waals surface area contributed by atoms with Gasteiger partial charge in [-0.15, -0.1) is 0 Å². The summed E-state index contributed by atoms with van der Waals surface area (Å²) >= 11 is 5.84. The molecule has 90 valence electrons. The van der Waals surface area contributed by atoms with Crippen LogP contribution in [0.5, 0.6) is 0 Å². The lowest BCUT2D eigenvalue weighted by Gasteiger charge is -2.13. The van der Waals surface area contributed by atoms with Crippen molar-refractivity contribution in [1.29, 1.82) is 5.26 Å². The van der Waals surface area contributed by atoms with Gasteiger partial charge in [-0.3, -0.25) is 0 Å². The summed E-state index contributed by atoms with van der Waals surface area (Å²) in [5, 5.41) is 12.5. The van der Waals surface area contributed by atoms with E-state index in [9.17, 15) is 0 Å². The van der Waals surface area contributed by atoms with Crippen LogP contribution in [0.25, 0.3) is 0 Å². The first-order valence-electron chi connectivity index (χ1n) is 5.58. The first-order chi connectivity index (χ1) is 8.21. The highest BCUT2D eigenvalue weighted by Crippen LogP contribution is 2.25. The summed E-state index contributed by atoms with van der Waals surface area (Å²) in [6, 6.07) is 5.68. The molecule has 1 aliphatic rings. The van der Waals surface area contributed by atoms with Gasteiger partial charge in [-0.25, -0.2) is 4.98 Å². The van der Waals surface area contributed by atoms with Crippen LogP contribution in [0.4, 0.5) is 5.82 Å². The maximum absolute atomic E-state index is 8.84. The van der Waals surface area contributed by atoms with E-state index in [0.29, 0.717) is 28.7 Å². The Balaban J connectivity index is 2.04. The third-order valence-corrected chi connectivity index (χ3v) is 3.19. The van der Waals surface area contributed by atoms with Gasteiger partial charge in [0.1, 0.15) is 11.0 Å². The molecule has 2 atom stereocenters. The predicted octanol–water partition coefficient (Wildman–Crippen LogP) is 2.59. The number of hydrogen-bond acceptors (Lipinski definition) is 4. The van der Waals surface area contributed by atoms with Gasteiger partial charge in [0.2, 0.25) is 0 Å². The number of halogens is 1. The number of ether oxygens (including phenoxy) is 1. The van der Waals surface area contributed by atoms with E-state index >= 15 is 0 Å². The van der Waals surface area contributed by atoms with Crippen molar-refractivity contribution in [1.82, 2.24) is 4.98 Å². The van der Waals surface area contributed by atoms with Crippen LogP contribution in [0.1, 0.15) is 24.8 Å². The number of hydrogen-bond donors (Lipinski definition) is 1. The van der Waals surface area contributed by atoms with Gasteiger partial charge in [0.05, 0.1) is 17.7 Å². The SMILES string of the molecule is COC1CCC(Nc2cc(C#N)cc(Cl)n2)C1. The van der Waals surface area contributed by atoms with E-state index in [-0.39, 0.29) is 0 Å². The van der Waals surface area contributed by atoms with Crippen LogP contribution in [-0.2, 0) is 4.74 Å². The van der Waals surface area contributed by atoms with E-state index in [1.54, 1.807) is 19.2 Å². The standard InChI is InChI=1S/C12H14ClN3O/c1-17-10-3-2-9(6-10)15-12-5-8(7-14)4-11(13)16-12/h4-5,9-10H,2-3,6H2,1H3,(H,15,16). The number of nitrogens with one attached hydrogen (secondary N) is 1. The highest BCUT2D eigenvalue weighted by atomic mass is 35.5. The minimum absolute atomic E-state index is 0.321. The lowest BCUT2D eigenvalue weighted by Crippen LogP contribution is -2.18. The molecule has 4 nitrogen and oxygen atoms in total. The molecular formula is C12H14ClN3O. The van der Waals surface area contributed by atoms with Gasteiger partial charge in [0.15, 0.2) is 0 Å². The molecule has 17 heavy (non-hydrogen) atoms. The maximum atomic E-state index is 8.84. The quantitative estimate of drug-likeness (QED) is 0.839. The van der Waals surface area contributed by atoms with E-state index in [2.05, 4.69) is 16.4 Å². The van der Waals surface area contributed by atoms with Gasteiger partial charge in [-0.1, -0.05) is 11.6 Å². The van der Waals surface area contributed by atoms with Gasteiger partial charge in [-0.05, 0) is 31.4 Å². The Kier molecular flexibility index (Phi) is 3.82. The van der Waals surface area contributed by atoms with Gasteiger partial charge >= 0.3 is 0 Å². The third kappa shape index (κ3) is 3.09. The fraction of sp³-hybridized carbons (Fsp3) is 0.500. The van der Waals surface area contributed by atoms with Crippen LogP contribution in [0, 0.1) is 11.3 Å². The van der Waals surface area contributed by atoms with Gasteiger partial charge in [-0.2, -0.15) is 5.26 Å². The minimum atomic E-state index is 0.321. The second-order valence-corrected chi connectivity index (χ2v) is 4.57. The average Bonchev–Trinajstić information content (AvgIpc) is 2.76. The lowest BCUT2D eigenvalue weighted by molar-refractivity contribution is 0.108. The highest BCUT2D eigenvalue weighted by Gasteiger charge is 2.24. The average molecular weight is 252 g/mol. The third-order valence-electron chi connectivity index (χ3n) is 2.99. The Bertz CT molecular complexity index is 444. The Labute approximate surface area is 106 Å². The summed E-state index contributed by atoms with van der Waals surface area (Å²) in [5.41, 5.74) is 0.522. The molecule has 1 fully saturated rings. The summed E-state index contributed by atoms with van der Waals surface area (Å²) in [5.74, 6) is 0.663. The molecule has 0 amide bonds. The Hall–Kier alpha value is -1.31.